The van der Waals surface area contributed by atoms with Gasteiger partial charge in [-0.3, -0.25) is 0 Å². The normalized spacial score (nSPS) is 12.6. The fourth-order valence-electron chi connectivity index (χ4n) is 1.28. The lowest BCUT2D eigenvalue weighted by atomic mass is 10.2. The smallest absolute Gasteiger partial charge is 0.404 e. The molecule has 0 spiro atoms. The molecular weight excluding hydrogens is 205 g/mol. The Bertz CT molecular complexity index is 407. The van der Waals surface area contributed by atoms with Gasteiger partial charge in [0.1, 0.15) is 12.4 Å². The molecule has 6 heteroatoms. The third-order valence-corrected chi connectivity index (χ3v) is 1.94. The van der Waals surface area contributed by atoms with E-state index in [9.17, 15) is 9.18 Å². The minimum Gasteiger partial charge on any atom is -0.454 e. The molecule has 0 saturated heterocycles. The minimum atomic E-state index is -0.967. The quantitative estimate of drug-likeness (QED) is 0.799. The predicted molar refractivity (Wildman–Crippen MR) is 46.9 cm³/mol. The van der Waals surface area contributed by atoms with Crippen LogP contribution in [0.4, 0.5) is 9.18 Å². The van der Waals surface area contributed by atoms with Crippen molar-refractivity contribution in [2.24, 2.45) is 5.73 Å². The summed E-state index contributed by atoms with van der Waals surface area (Å²) in [5, 5.41) is 0. The molecule has 0 radical (unpaired) electrons. The van der Waals surface area contributed by atoms with E-state index in [1.165, 1.54) is 12.1 Å². The van der Waals surface area contributed by atoms with E-state index in [-0.39, 0.29) is 24.7 Å². The molecule has 0 saturated carbocycles. The molecule has 0 aromatic heterocycles. The number of hydrogen-bond donors (Lipinski definition) is 1. The summed E-state index contributed by atoms with van der Waals surface area (Å²) in [4.78, 5) is 10.4. The first kappa shape index (κ1) is 9.57. The van der Waals surface area contributed by atoms with Crippen molar-refractivity contribution >= 4 is 6.09 Å². The van der Waals surface area contributed by atoms with Crippen LogP contribution in [0.3, 0.4) is 0 Å². The van der Waals surface area contributed by atoms with Gasteiger partial charge in [0.25, 0.3) is 0 Å². The zero-order valence-corrected chi connectivity index (χ0v) is 7.66. The lowest BCUT2D eigenvalue weighted by molar-refractivity contribution is 0.145. The van der Waals surface area contributed by atoms with Crippen LogP contribution < -0.4 is 15.2 Å². The fraction of sp³-hybridized carbons (Fsp3) is 0.222. The van der Waals surface area contributed by atoms with Crippen molar-refractivity contribution in [1.82, 2.24) is 0 Å². The van der Waals surface area contributed by atoms with Gasteiger partial charge in [-0.1, -0.05) is 0 Å². The van der Waals surface area contributed by atoms with Crippen LogP contribution in [0.25, 0.3) is 0 Å². The molecule has 1 amide bonds. The summed E-state index contributed by atoms with van der Waals surface area (Å²) in [6.07, 6.45) is -0.967. The molecular formula is C9H8FNO4. The van der Waals surface area contributed by atoms with Crippen molar-refractivity contribution in [3.05, 3.63) is 23.5 Å². The first-order valence-electron chi connectivity index (χ1n) is 4.17. The van der Waals surface area contributed by atoms with Gasteiger partial charge in [-0.15, -0.1) is 0 Å². The maximum absolute atomic E-state index is 13.3. The maximum atomic E-state index is 13.3. The zero-order valence-electron chi connectivity index (χ0n) is 7.66. The summed E-state index contributed by atoms with van der Waals surface area (Å²) < 4.78 is 27.9. The van der Waals surface area contributed by atoms with Crippen LogP contribution in [0, 0.1) is 5.82 Å². The second-order valence-corrected chi connectivity index (χ2v) is 2.87. The van der Waals surface area contributed by atoms with Gasteiger partial charge in [0.2, 0.25) is 6.79 Å². The second kappa shape index (κ2) is 3.64. The average molecular weight is 213 g/mol. The van der Waals surface area contributed by atoms with Gasteiger partial charge in [0, 0.05) is 0 Å². The number of nitrogens with two attached hydrogens (primary N) is 1. The minimum absolute atomic E-state index is 0.0301. The number of carbonyl (C=O) groups excluding carboxylic acids is 1. The topological polar surface area (TPSA) is 70.8 Å². The Labute approximate surface area is 84.5 Å². The lowest BCUT2D eigenvalue weighted by Gasteiger charge is -2.06. The first-order chi connectivity index (χ1) is 7.18. The summed E-state index contributed by atoms with van der Waals surface area (Å²) in [5.41, 5.74) is 4.91. The average Bonchev–Trinajstić information content (AvgIpc) is 2.63. The van der Waals surface area contributed by atoms with E-state index < -0.39 is 11.9 Å². The number of fused-ring (bicyclic) bond motifs is 1. The van der Waals surface area contributed by atoms with Crippen LogP contribution in [-0.4, -0.2) is 12.9 Å². The molecule has 80 valence electrons. The number of primary amides is 1. The predicted octanol–water partition coefficient (Wildman–Crippen LogP) is 1.15. The van der Waals surface area contributed by atoms with E-state index >= 15 is 0 Å². The van der Waals surface area contributed by atoms with Gasteiger partial charge in [0.05, 0.1) is 5.56 Å². The number of amides is 1. The molecule has 1 aromatic rings. The molecule has 0 bridgehead atoms. The molecule has 0 atom stereocenters. The van der Waals surface area contributed by atoms with Crippen molar-refractivity contribution in [1.29, 1.82) is 0 Å². The van der Waals surface area contributed by atoms with E-state index in [1.807, 2.05) is 0 Å². The monoisotopic (exact) mass is 213 g/mol. The van der Waals surface area contributed by atoms with Gasteiger partial charge in [-0.05, 0) is 12.1 Å². The number of hydrogen-bond acceptors (Lipinski definition) is 4. The molecule has 2 N–H and O–H groups in total. The zero-order chi connectivity index (χ0) is 10.8. The van der Waals surface area contributed by atoms with Gasteiger partial charge in [-0.2, -0.15) is 0 Å². The summed E-state index contributed by atoms with van der Waals surface area (Å²) in [7, 11) is 0. The number of carbonyl (C=O) groups is 1. The Morgan fingerprint density at radius 1 is 1.53 bits per heavy atom. The van der Waals surface area contributed by atoms with E-state index in [4.69, 9.17) is 15.2 Å². The highest BCUT2D eigenvalue weighted by Gasteiger charge is 2.21. The molecule has 1 heterocycles. The van der Waals surface area contributed by atoms with Crippen molar-refractivity contribution < 1.29 is 23.4 Å². The molecule has 5 nitrogen and oxygen atoms in total. The molecule has 0 fully saturated rings. The van der Waals surface area contributed by atoms with Gasteiger partial charge < -0.3 is 19.9 Å². The molecule has 2 rings (SSSR count). The Morgan fingerprint density at radius 2 is 2.33 bits per heavy atom. The third kappa shape index (κ3) is 1.78. The van der Waals surface area contributed by atoms with Crippen LogP contribution in [0.1, 0.15) is 5.56 Å². The lowest BCUT2D eigenvalue weighted by Crippen LogP contribution is -2.13. The van der Waals surface area contributed by atoms with Crippen LogP contribution in [0.15, 0.2) is 12.1 Å². The number of benzene rings is 1. The highest BCUT2D eigenvalue weighted by Crippen LogP contribution is 2.37. The summed E-state index contributed by atoms with van der Waals surface area (Å²) in [5.74, 6) is 0.163. The molecule has 1 aromatic carbocycles. The van der Waals surface area contributed by atoms with Crippen LogP contribution >= 0.6 is 0 Å². The van der Waals surface area contributed by atoms with E-state index in [2.05, 4.69) is 4.74 Å². The summed E-state index contributed by atoms with van der Waals surface area (Å²) in [6.45, 7) is -0.240. The molecule has 0 aliphatic carbocycles. The number of rotatable bonds is 2. The van der Waals surface area contributed by atoms with E-state index in [0.29, 0.717) is 5.75 Å². The van der Waals surface area contributed by atoms with Gasteiger partial charge >= 0.3 is 6.09 Å². The SMILES string of the molecule is NC(=O)OCc1c(F)ccc2c1OCO2. The van der Waals surface area contributed by atoms with Crippen LogP contribution in [0.5, 0.6) is 11.5 Å². The van der Waals surface area contributed by atoms with Crippen molar-refractivity contribution in [3.8, 4) is 11.5 Å². The Morgan fingerprint density at radius 3 is 3.07 bits per heavy atom. The molecule has 1 aliphatic rings. The number of halogens is 1. The van der Waals surface area contributed by atoms with E-state index in [0.717, 1.165) is 0 Å². The Kier molecular flexibility index (Phi) is 2.32. The maximum Gasteiger partial charge on any atom is 0.404 e. The fourth-order valence-corrected chi connectivity index (χ4v) is 1.28. The van der Waals surface area contributed by atoms with Crippen molar-refractivity contribution in [3.63, 3.8) is 0 Å². The standard InChI is InChI=1S/C9H8FNO4/c10-6-1-2-7-8(15-4-14-7)5(6)3-13-9(11)12/h1-2H,3-4H2,(H2,11,12). The highest BCUT2D eigenvalue weighted by molar-refractivity contribution is 5.64. The molecule has 15 heavy (non-hydrogen) atoms. The van der Waals surface area contributed by atoms with Gasteiger partial charge in [0.15, 0.2) is 11.5 Å². The van der Waals surface area contributed by atoms with Crippen LogP contribution in [0.2, 0.25) is 0 Å². The van der Waals surface area contributed by atoms with Gasteiger partial charge in [-0.25, -0.2) is 9.18 Å². The third-order valence-electron chi connectivity index (χ3n) is 1.94. The first-order valence-corrected chi connectivity index (χ1v) is 4.17. The van der Waals surface area contributed by atoms with Crippen molar-refractivity contribution in [2.75, 3.05) is 6.79 Å². The number of ether oxygens (including phenoxy) is 3. The Hall–Kier alpha value is -1.98. The van der Waals surface area contributed by atoms with Crippen LogP contribution in [-0.2, 0) is 11.3 Å². The van der Waals surface area contributed by atoms with Crippen molar-refractivity contribution in [2.45, 2.75) is 6.61 Å². The summed E-state index contributed by atoms with van der Waals surface area (Å²) in [6, 6.07) is 2.67. The molecule has 1 aliphatic heterocycles. The Balaban J connectivity index is 2.28. The largest absolute Gasteiger partial charge is 0.454 e. The molecule has 0 unspecified atom stereocenters. The highest BCUT2D eigenvalue weighted by atomic mass is 19.1. The summed E-state index contributed by atoms with van der Waals surface area (Å²) >= 11 is 0. The second-order valence-electron chi connectivity index (χ2n) is 2.87. The van der Waals surface area contributed by atoms with E-state index in [1.54, 1.807) is 0 Å².